The van der Waals surface area contributed by atoms with E-state index in [-0.39, 0.29) is 37.5 Å². The van der Waals surface area contributed by atoms with Gasteiger partial charge in [0.25, 0.3) is 0 Å². The van der Waals surface area contributed by atoms with Gasteiger partial charge in [-0.2, -0.15) is 0 Å². The third-order valence-electron chi connectivity index (χ3n) is 13.2. The van der Waals surface area contributed by atoms with E-state index in [1.807, 2.05) is 0 Å². The highest BCUT2D eigenvalue weighted by atomic mass is 16.6. The summed E-state index contributed by atoms with van der Waals surface area (Å²) in [6, 6.07) is 0. The van der Waals surface area contributed by atoms with E-state index in [0.29, 0.717) is 19.3 Å². The molecule has 0 aliphatic carbocycles. The Bertz CT molecular complexity index is 1320. The van der Waals surface area contributed by atoms with Crippen molar-refractivity contribution >= 4 is 17.9 Å². The lowest BCUT2D eigenvalue weighted by Crippen LogP contribution is -2.30. The van der Waals surface area contributed by atoms with E-state index in [2.05, 4.69) is 93.7 Å². The number of ether oxygens (including phenoxy) is 3. The Morgan fingerprint density at radius 1 is 0.282 bits per heavy atom. The van der Waals surface area contributed by atoms with Crippen LogP contribution in [0.1, 0.15) is 303 Å². The minimum Gasteiger partial charge on any atom is -0.462 e. The standard InChI is InChI=1S/C65H114O6/c1-4-7-10-13-16-19-22-25-28-30-31-32-33-35-38-40-43-46-49-52-55-58-64(67)70-61-62(71-65(68)59-56-53-50-47-44-41-36-27-24-21-18-15-12-9-6-3)60-69-63(66)57-54-51-48-45-42-39-37-34-29-26-23-20-17-14-11-8-5-2/h17-18,20-21,26-27,29,36-37,39,45,48,62H,4-16,19,22-25,28,30-35,38,40-44,46-47,49-61H2,1-3H3/b20-17-,21-18-,29-26-,36-27-,39-37-,48-45-/t62-/m1/s1. The van der Waals surface area contributed by atoms with E-state index >= 15 is 0 Å². The fourth-order valence-corrected chi connectivity index (χ4v) is 8.58. The Labute approximate surface area is 440 Å². The van der Waals surface area contributed by atoms with Crippen molar-refractivity contribution in [2.75, 3.05) is 13.2 Å². The highest BCUT2D eigenvalue weighted by Gasteiger charge is 2.19. The zero-order chi connectivity index (χ0) is 51.4. The lowest BCUT2D eigenvalue weighted by atomic mass is 10.0. The summed E-state index contributed by atoms with van der Waals surface area (Å²) >= 11 is 0. The molecule has 0 amide bonds. The second-order valence-electron chi connectivity index (χ2n) is 20.3. The molecule has 0 aromatic rings. The molecular formula is C65H114O6. The predicted octanol–water partition coefficient (Wildman–Crippen LogP) is 20.5. The molecule has 0 bridgehead atoms. The van der Waals surface area contributed by atoms with Crippen molar-refractivity contribution < 1.29 is 28.6 Å². The van der Waals surface area contributed by atoms with Crippen molar-refractivity contribution in [3.63, 3.8) is 0 Å². The van der Waals surface area contributed by atoms with E-state index in [1.54, 1.807) is 0 Å². The van der Waals surface area contributed by atoms with Crippen LogP contribution in [-0.2, 0) is 28.6 Å². The van der Waals surface area contributed by atoms with Gasteiger partial charge in [0.05, 0.1) is 0 Å². The van der Waals surface area contributed by atoms with Gasteiger partial charge >= 0.3 is 17.9 Å². The predicted molar refractivity (Wildman–Crippen MR) is 307 cm³/mol. The van der Waals surface area contributed by atoms with Gasteiger partial charge in [-0.05, 0) is 89.9 Å². The van der Waals surface area contributed by atoms with Crippen molar-refractivity contribution in [3.05, 3.63) is 72.9 Å². The second kappa shape index (κ2) is 59.4. The summed E-state index contributed by atoms with van der Waals surface area (Å²) in [5.74, 6) is -0.956. The first-order valence-electron chi connectivity index (χ1n) is 30.4. The number of hydrogen-bond acceptors (Lipinski definition) is 6. The van der Waals surface area contributed by atoms with Crippen molar-refractivity contribution in [2.24, 2.45) is 0 Å². The van der Waals surface area contributed by atoms with Gasteiger partial charge in [-0.3, -0.25) is 14.4 Å². The third-order valence-corrected chi connectivity index (χ3v) is 13.2. The SMILES string of the molecule is CCCCC/C=C\C/C=C\C/C=C\C/C=C\CCCC(=O)OC[C@H](COC(=O)CCCCCCCCCCCCCCCCCCCCCCC)OC(=O)CCCCCCC/C=C\C/C=C\CCCCC. The number of unbranched alkanes of at least 4 members (excludes halogenated alkanes) is 32. The molecule has 0 fully saturated rings. The molecule has 0 saturated carbocycles. The van der Waals surface area contributed by atoms with Crippen molar-refractivity contribution in [3.8, 4) is 0 Å². The molecule has 6 heteroatoms. The number of rotatable bonds is 55. The first-order valence-corrected chi connectivity index (χ1v) is 30.4. The molecule has 1 atom stereocenters. The van der Waals surface area contributed by atoms with E-state index in [9.17, 15) is 14.4 Å². The summed E-state index contributed by atoms with van der Waals surface area (Å²) in [5.41, 5.74) is 0. The monoisotopic (exact) mass is 991 g/mol. The first kappa shape index (κ1) is 67.8. The summed E-state index contributed by atoms with van der Waals surface area (Å²) in [5, 5.41) is 0. The van der Waals surface area contributed by atoms with Crippen LogP contribution < -0.4 is 0 Å². The molecule has 71 heavy (non-hydrogen) atoms. The van der Waals surface area contributed by atoms with Crippen LogP contribution in [0.4, 0.5) is 0 Å². The molecule has 0 aliphatic heterocycles. The molecule has 6 nitrogen and oxygen atoms in total. The van der Waals surface area contributed by atoms with E-state index < -0.39 is 6.10 Å². The molecule has 0 heterocycles. The highest BCUT2D eigenvalue weighted by molar-refractivity contribution is 5.71. The van der Waals surface area contributed by atoms with Crippen LogP contribution >= 0.6 is 0 Å². The fraction of sp³-hybridized carbons (Fsp3) is 0.769. The molecule has 0 aliphatic rings. The first-order chi connectivity index (χ1) is 35.0. The topological polar surface area (TPSA) is 78.9 Å². The lowest BCUT2D eigenvalue weighted by molar-refractivity contribution is -0.167. The maximum atomic E-state index is 12.9. The van der Waals surface area contributed by atoms with Gasteiger partial charge in [0.15, 0.2) is 6.10 Å². The zero-order valence-corrected chi connectivity index (χ0v) is 47.0. The summed E-state index contributed by atoms with van der Waals surface area (Å²) in [4.78, 5) is 38.2. The minimum absolute atomic E-state index is 0.0957. The third kappa shape index (κ3) is 57.6. The van der Waals surface area contributed by atoms with Crippen molar-refractivity contribution in [2.45, 2.75) is 309 Å². The number of carbonyl (C=O) groups is 3. The van der Waals surface area contributed by atoms with Gasteiger partial charge in [-0.15, -0.1) is 0 Å². The molecule has 0 saturated heterocycles. The molecule has 0 unspecified atom stereocenters. The lowest BCUT2D eigenvalue weighted by Gasteiger charge is -2.18. The fourth-order valence-electron chi connectivity index (χ4n) is 8.58. The van der Waals surface area contributed by atoms with E-state index in [0.717, 1.165) is 89.9 Å². The summed E-state index contributed by atoms with van der Waals surface area (Å²) < 4.78 is 16.8. The molecule has 0 radical (unpaired) electrons. The van der Waals surface area contributed by atoms with Gasteiger partial charge in [-0.1, -0.05) is 267 Å². The highest BCUT2D eigenvalue weighted by Crippen LogP contribution is 2.16. The molecule has 0 aromatic heterocycles. The average Bonchev–Trinajstić information content (AvgIpc) is 3.37. The van der Waals surface area contributed by atoms with E-state index in [4.69, 9.17) is 14.2 Å². The van der Waals surface area contributed by atoms with Crippen molar-refractivity contribution in [1.29, 1.82) is 0 Å². The number of allylic oxidation sites excluding steroid dienone is 12. The van der Waals surface area contributed by atoms with Gasteiger partial charge < -0.3 is 14.2 Å². The van der Waals surface area contributed by atoms with Gasteiger partial charge in [0.2, 0.25) is 0 Å². The van der Waals surface area contributed by atoms with Crippen LogP contribution in [0.3, 0.4) is 0 Å². The number of esters is 3. The van der Waals surface area contributed by atoms with Crippen LogP contribution in [0.25, 0.3) is 0 Å². The van der Waals surface area contributed by atoms with Gasteiger partial charge in [-0.25, -0.2) is 0 Å². The quantitative estimate of drug-likeness (QED) is 0.0261. The Kier molecular flexibility index (Phi) is 56.8. The van der Waals surface area contributed by atoms with E-state index in [1.165, 1.54) is 167 Å². The molecule has 0 spiro atoms. The van der Waals surface area contributed by atoms with Crippen LogP contribution in [0.2, 0.25) is 0 Å². The minimum atomic E-state index is -0.804. The summed E-state index contributed by atoms with van der Waals surface area (Å²) in [6.45, 7) is 6.56. The molecule has 0 N–H and O–H groups in total. The smallest absolute Gasteiger partial charge is 0.306 e. The molecule has 0 rings (SSSR count). The number of carbonyl (C=O) groups excluding carboxylic acids is 3. The maximum absolute atomic E-state index is 12.9. The Balaban J connectivity index is 4.41. The Hall–Kier alpha value is -3.15. The summed E-state index contributed by atoms with van der Waals surface area (Å²) in [6.07, 6.45) is 76.2. The Morgan fingerprint density at radius 2 is 0.521 bits per heavy atom. The molecular weight excluding hydrogens is 877 g/mol. The second-order valence-corrected chi connectivity index (χ2v) is 20.3. The van der Waals surface area contributed by atoms with Crippen LogP contribution in [0.5, 0.6) is 0 Å². The zero-order valence-electron chi connectivity index (χ0n) is 47.0. The molecule has 0 aromatic carbocycles. The van der Waals surface area contributed by atoms with Crippen LogP contribution in [-0.4, -0.2) is 37.2 Å². The normalized spacial score (nSPS) is 12.5. The number of hydrogen-bond donors (Lipinski definition) is 0. The summed E-state index contributed by atoms with van der Waals surface area (Å²) in [7, 11) is 0. The Morgan fingerprint density at radius 3 is 0.873 bits per heavy atom. The van der Waals surface area contributed by atoms with Gasteiger partial charge in [0.1, 0.15) is 13.2 Å². The molecule has 410 valence electrons. The largest absolute Gasteiger partial charge is 0.462 e. The maximum Gasteiger partial charge on any atom is 0.306 e. The van der Waals surface area contributed by atoms with Crippen LogP contribution in [0.15, 0.2) is 72.9 Å². The van der Waals surface area contributed by atoms with Gasteiger partial charge in [0, 0.05) is 19.3 Å². The van der Waals surface area contributed by atoms with Crippen LogP contribution in [0, 0.1) is 0 Å². The van der Waals surface area contributed by atoms with Crippen molar-refractivity contribution in [1.82, 2.24) is 0 Å². The average molecular weight is 992 g/mol.